The van der Waals surface area contributed by atoms with E-state index in [1.165, 1.54) is 4.68 Å². The Morgan fingerprint density at radius 3 is 2.85 bits per heavy atom. The number of carbonyl (C=O) groups excluding carboxylic acids is 1. The number of aryl methyl sites for hydroxylation is 1. The molecule has 1 aromatic heterocycles. The molecule has 0 unspecified atom stereocenters. The molecule has 1 heterocycles. The van der Waals surface area contributed by atoms with Crippen LogP contribution in [0.25, 0.3) is 0 Å². The summed E-state index contributed by atoms with van der Waals surface area (Å²) in [4.78, 5) is 11.4. The monoisotopic (exact) mass is 181 g/mol. The number of hydrogen-bond donors (Lipinski definition) is 2. The zero-order chi connectivity index (χ0) is 9.42. The van der Waals surface area contributed by atoms with Gasteiger partial charge in [-0.15, -0.1) is 5.10 Å². The first-order chi connectivity index (χ1) is 6.18. The van der Waals surface area contributed by atoms with Gasteiger partial charge in [0.1, 0.15) is 0 Å². The van der Waals surface area contributed by atoms with Crippen LogP contribution < -0.4 is 11.1 Å². The van der Waals surface area contributed by atoms with Crippen molar-refractivity contribution in [2.75, 3.05) is 5.73 Å². The van der Waals surface area contributed by atoms with E-state index < -0.39 is 0 Å². The summed E-state index contributed by atoms with van der Waals surface area (Å²) in [6.07, 6.45) is 2.10. The molecule has 6 heteroatoms. The molecule has 0 saturated heterocycles. The van der Waals surface area contributed by atoms with Crippen molar-refractivity contribution in [3.63, 3.8) is 0 Å². The van der Waals surface area contributed by atoms with Crippen molar-refractivity contribution in [2.24, 2.45) is 7.05 Å². The Hall–Kier alpha value is -1.59. The van der Waals surface area contributed by atoms with Crippen molar-refractivity contribution in [1.82, 2.24) is 20.3 Å². The second-order valence-corrected chi connectivity index (χ2v) is 3.19. The van der Waals surface area contributed by atoms with E-state index in [2.05, 4.69) is 15.6 Å². The third-order valence-corrected chi connectivity index (χ3v) is 2.00. The predicted molar refractivity (Wildman–Crippen MR) is 45.9 cm³/mol. The topological polar surface area (TPSA) is 85.8 Å². The molecule has 1 aromatic rings. The van der Waals surface area contributed by atoms with Gasteiger partial charge in [-0.3, -0.25) is 4.79 Å². The highest BCUT2D eigenvalue weighted by atomic mass is 16.2. The SMILES string of the molecule is Cn1nnc(C(=O)NC2CC2)c1N. The highest BCUT2D eigenvalue weighted by molar-refractivity contribution is 5.96. The number of rotatable bonds is 2. The van der Waals surface area contributed by atoms with Gasteiger partial charge in [0.2, 0.25) is 0 Å². The van der Waals surface area contributed by atoms with Crippen LogP contribution in [0.3, 0.4) is 0 Å². The van der Waals surface area contributed by atoms with E-state index in [0.29, 0.717) is 11.9 Å². The Kier molecular flexibility index (Phi) is 1.68. The molecular weight excluding hydrogens is 170 g/mol. The number of amides is 1. The minimum atomic E-state index is -0.229. The van der Waals surface area contributed by atoms with E-state index in [1.807, 2.05) is 0 Å². The van der Waals surface area contributed by atoms with Gasteiger partial charge in [-0.05, 0) is 12.8 Å². The summed E-state index contributed by atoms with van der Waals surface area (Å²) in [6.45, 7) is 0. The molecule has 1 aliphatic carbocycles. The lowest BCUT2D eigenvalue weighted by atomic mass is 10.4. The van der Waals surface area contributed by atoms with Gasteiger partial charge in [0.25, 0.3) is 5.91 Å². The van der Waals surface area contributed by atoms with E-state index in [1.54, 1.807) is 7.05 Å². The zero-order valence-corrected chi connectivity index (χ0v) is 7.32. The minimum absolute atomic E-state index is 0.217. The lowest BCUT2D eigenvalue weighted by Gasteiger charge is -1.99. The molecule has 0 bridgehead atoms. The lowest BCUT2D eigenvalue weighted by Crippen LogP contribution is -2.26. The van der Waals surface area contributed by atoms with Crippen molar-refractivity contribution >= 4 is 11.7 Å². The molecule has 0 aliphatic heterocycles. The third-order valence-electron chi connectivity index (χ3n) is 2.00. The van der Waals surface area contributed by atoms with Gasteiger partial charge in [0.05, 0.1) is 0 Å². The van der Waals surface area contributed by atoms with Gasteiger partial charge in [0, 0.05) is 13.1 Å². The van der Waals surface area contributed by atoms with E-state index in [0.717, 1.165) is 12.8 Å². The minimum Gasteiger partial charge on any atom is -0.382 e. The van der Waals surface area contributed by atoms with Crippen molar-refractivity contribution in [2.45, 2.75) is 18.9 Å². The molecule has 0 atom stereocenters. The number of anilines is 1. The summed E-state index contributed by atoms with van der Waals surface area (Å²) in [5.74, 6) is 0.0752. The number of nitrogens with one attached hydrogen (secondary N) is 1. The molecule has 0 radical (unpaired) electrons. The van der Waals surface area contributed by atoms with Crippen molar-refractivity contribution < 1.29 is 4.79 Å². The third kappa shape index (κ3) is 1.47. The van der Waals surface area contributed by atoms with Crippen LogP contribution in [0.5, 0.6) is 0 Å². The molecule has 1 fully saturated rings. The van der Waals surface area contributed by atoms with E-state index in [4.69, 9.17) is 5.73 Å². The normalized spacial score (nSPS) is 15.8. The summed E-state index contributed by atoms with van der Waals surface area (Å²) < 4.78 is 1.38. The van der Waals surface area contributed by atoms with Crippen LogP contribution in [-0.2, 0) is 7.05 Å². The number of nitrogens with two attached hydrogens (primary N) is 1. The van der Waals surface area contributed by atoms with E-state index in [-0.39, 0.29) is 11.6 Å². The molecule has 70 valence electrons. The van der Waals surface area contributed by atoms with Crippen LogP contribution in [0.15, 0.2) is 0 Å². The summed E-state index contributed by atoms with van der Waals surface area (Å²) in [5, 5.41) is 10.1. The molecule has 2 rings (SSSR count). The van der Waals surface area contributed by atoms with Crippen LogP contribution in [0.4, 0.5) is 5.82 Å². The van der Waals surface area contributed by atoms with Crippen molar-refractivity contribution in [3.05, 3.63) is 5.69 Å². The Balaban J connectivity index is 2.14. The van der Waals surface area contributed by atoms with Gasteiger partial charge in [0.15, 0.2) is 11.5 Å². The van der Waals surface area contributed by atoms with Crippen LogP contribution in [0, 0.1) is 0 Å². The molecule has 6 nitrogen and oxygen atoms in total. The first-order valence-corrected chi connectivity index (χ1v) is 4.14. The largest absolute Gasteiger partial charge is 0.382 e. The smallest absolute Gasteiger partial charge is 0.275 e. The molecule has 1 saturated carbocycles. The molecule has 1 aliphatic rings. The first kappa shape index (κ1) is 8.03. The Morgan fingerprint density at radius 1 is 1.69 bits per heavy atom. The molecular formula is C7H11N5O. The van der Waals surface area contributed by atoms with Crippen LogP contribution in [-0.4, -0.2) is 26.9 Å². The number of nitrogen functional groups attached to an aromatic ring is 1. The Morgan fingerprint density at radius 2 is 2.38 bits per heavy atom. The quantitative estimate of drug-likeness (QED) is 0.631. The first-order valence-electron chi connectivity index (χ1n) is 4.14. The molecule has 0 spiro atoms. The van der Waals surface area contributed by atoms with Crippen LogP contribution in [0.1, 0.15) is 23.3 Å². The van der Waals surface area contributed by atoms with Gasteiger partial charge in [-0.2, -0.15) is 0 Å². The second-order valence-electron chi connectivity index (χ2n) is 3.19. The fourth-order valence-electron chi connectivity index (χ4n) is 1.01. The second kappa shape index (κ2) is 2.72. The van der Waals surface area contributed by atoms with Crippen molar-refractivity contribution in [3.8, 4) is 0 Å². The molecule has 1 amide bonds. The number of carbonyl (C=O) groups is 1. The van der Waals surface area contributed by atoms with Gasteiger partial charge in [-0.25, -0.2) is 4.68 Å². The summed E-state index contributed by atoms with van der Waals surface area (Å²) in [7, 11) is 1.65. The van der Waals surface area contributed by atoms with E-state index in [9.17, 15) is 4.79 Å². The van der Waals surface area contributed by atoms with Gasteiger partial charge < -0.3 is 11.1 Å². The highest BCUT2D eigenvalue weighted by Gasteiger charge is 2.26. The average Bonchev–Trinajstić information content (AvgIpc) is 2.82. The summed E-state index contributed by atoms with van der Waals surface area (Å²) in [6, 6.07) is 0.314. The Labute approximate surface area is 75.1 Å². The predicted octanol–water partition coefficient (Wildman–Crippen LogP) is -0.711. The highest BCUT2D eigenvalue weighted by Crippen LogP contribution is 2.19. The lowest BCUT2D eigenvalue weighted by molar-refractivity contribution is 0.0947. The van der Waals surface area contributed by atoms with Crippen LogP contribution >= 0.6 is 0 Å². The molecule has 13 heavy (non-hydrogen) atoms. The Bertz CT molecular complexity index is 341. The van der Waals surface area contributed by atoms with Crippen molar-refractivity contribution in [1.29, 1.82) is 0 Å². The summed E-state index contributed by atoms with van der Waals surface area (Å²) in [5.41, 5.74) is 5.79. The summed E-state index contributed by atoms with van der Waals surface area (Å²) >= 11 is 0. The molecule has 0 aromatic carbocycles. The standard InChI is InChI=1S/C7H11N5O/c1-12-6(8)5(10-11-12)7(13)9-4-2-3-4/h4H,2-3,8H2,1H3,(H,9,13). The maximum Gasteiger partial charge on any atom is 0.275 e. The maximum absolute atomic E-state index is 11.4. The van der Waals surface area contributed by atoms with E-state index >= 15 is 0 Å². The fraction of sp³-hybridized carbons (Fsp3) is 0.571. The number of aromatic nitrogens is 3. The fourth-order valence-corrected chi connectivity index (χ4v) is 1.01. The zero-order valence-electron chi connectivity index (χ0n) is 7.32. The number of nitrogens with zero attached hydrogens (tertiary/aromatic N) is 3. The van der Waals surface area contributed by atoms with Gasteiger partial charge in [-0.1, -0.05) is 5.21 Å². The average molecular weight is 181 g/mol. The van der Waals surface area contributed by atoms with Gasteiger partial charge >= 0.3 is 0 Å². The maximum atomic E-state index is 11.4. The molecule has 3 N–H and O–H groups in total. The van der Waals surface area contributed by atoms with Crippen LogP contribution in [0.2, 0.25) is 0 Å². The number of hydrogen-bond acceptors (Lipinski definition) is 4.